The van der Waals surface area contributed by atoms with Crippen LogP contribution < -0.4 is 4.90 Å². The van der Waals surface area contributed by atoms with Crippen LogP contribution in [0.3, 0.4) is 0 Å². The number of carboxylic acid groups (broad SMARTS) is 1. The molecule has 4 nitrogen and oxygen atoms in total. The Kier molecular flexibility index (Phi) is 4.47. The summed E-state index contributed by atoms with van der Waals surface area (Å²) in [4.78, 5) is 15.5. The number of hydrogen-bond donors (Lipinski definition) is 1. The van der Waals surface area contributed by atoms with Gasteiger partial charge in [-0.3, -0.25) is 0 Å². The number of nitrogens with zero attached hydrogens (tertiary/aromatic N) is 2. The molecule has 1 aromatic rings. The molecule has 1 atom stereocenters. The summed E-state index contributed by atoms with van der Waals surface area (Å²) in [5.74, 6) is -0.896. The molecule has 0 bridgehead atoms. The molecule has 1 aliphatic heterocycles. The molecule has 0 aromatic heterocycles. The lowest BCUT2D eigenvalue weighted by Gasteiger charge is -2.37. The molecule has 1 fully saturated rings. The van der Waals surface area contributed by atoms with Gasteiger partial charge < -0.3 is 14.9 Å². The number of hydrogen-bond acceptors (Lipinski definition) is 3. The van der Waals surface area contributed by atoms with Crippen molar-refractivity contribution in [2.24, 2.45) is 0 Å². The van der Waals surface area contributed by atoms with E-state index in [1.54, 1.807) is 12.1 Å². The molecule has 1 unspecified atom stereocenters. The first-order chi connectivity index (χ1) is 8.99. The summed E-state index contributed by atoms with van der Waals surface area (Å²) in [5, 5.41) is 8.98. The van der Waals surface area contributed by atoms with Crippen molar-refractivity contribution in [3.63, 3.8) is 0 Å². The van der Waals surface area contributed by atoms with Gasteiger partial charge >= 0.3 is 5.97 Å². The lowest BCUT2D eigenvalue weighted by molar-refractivity contribution is 0.0697. The largest absolute Gasteiger partial charge is 0.478 e. The first kappa shape index (κ1) is 14.3. The summed E-state index contributed by atoms with van der Waals surface area (Å²) in [6.07, 6.45) is 2.38. The first-order valence-electron chi connectivity index (χ1n) is 6.43. The van der Waals surface area contributed by atoms with E-state index in [2.05, 4.69) is 39.8 Å². The third-order valence-electron chi connectivity index (χ3n) is 3.72. The van der Waals surface area contributed by atoms with Crippen LogP contribution in [0.1, 0.15) is 23.2 Å². The number of benzene rings is 1. The van der Waals surface area contributed by atoms with Crippen molar-refractivity contribution < 1.29 is 9.90 Å². The second-order valence-corrected chi connectivity index (χ2v) is 5.99. The average molecular weight is 327 g/mol. The molecule has 0 saturated carbocycles. The van der Waals surface area contributed by atoms with Gasteiger partial charge in [-0.15, -0.1) is 0 Å². The Labute approximate surface area is 122 Å². The van der Waals surface area contributed by atoms with E-state index in [9.17, 15) is 4.79 Å². The molecule has 1 heterocycles. The van der Waals surface area contributed by atoms with E-state index >= 15 is 0 Å². The van der Waals surface area contributed by atoms with Crippen molar-refractivity contribution in [2.45, 2.75) is 18.9 Å². The van der Waals surface area contributed by atoms with Gasteiger partial charge in [0.1, 0.15) is 0 Å². The monoisotopic (exact) mass is 326 g/mol. The highest BCUT2D eigenvalue weighted by molar-refractivity contribution is 9.10. The molecule has 0 spiro atoms. The average Bonchev–Trinajstić information content (AvgIpc) is 2.37. The maximum Gasteiger partial charge on any atom is 0.335 e. The fourth-order valence-electron chi connectivity index (χ4n) is 2.58. The summed E-state index contributed by atoms with van der Waals surface area (Å²) in [7, 11) is 4.22. The molecular weight excluding hydrogens is 308 g/mol. The van der Waals surface area contributed by atoms with E-state index < -0.39 is 5.97 Å². The van der Waals surface area contributed by atoms with Crippen molar-refractivity contribution in [3.05, 3.63) is 28.2 Å². The van der Waals surface area contributed by atoms with E-state index in [4.69, 9.17) is 5.11 Å². The number of carbonyl (C=O) groups is 1. The van der Waals surface area contributed by atoms with E-state index in [1.807, 2.05) is 6.07 Å². The van der Waals surface area contributed by atoms with Crippen LogP contribution in [0, 0.1) is 0 Å². The summed E-state index contributed by atoms with van der Waals surface area (Å²) in [5.41, 5.74) is 1.36. The van der Waals surface area contributed by atoms with Crippen LogP contribution in [0.15, 0.2) is 22.7 Å². The van der Waals surface area contributed by atoms with Crippen molar-refractivity contribution in [2.75, 3.05) is 32.1 Å². The number of piperidine rings is 1. The molecule has 19 heavy (non-hydrogen) atoms. The van der Waals surface area contributed by atoms with Gasteiger partial charge in [0.2, 0.25) is 0 Å². The van der Waals surface area contributed by atoms with Crippen LogP contribution in [0.5, 0.6) is 0 Å². The zero-order chi connectivity index (χ0) is 14.0. The Morgan fingerprint density at radius 3 is 2.84 bits per heavy atom. The first-order valence-corrected chi connectivity index (χ1v) is 7.22. The number of aromatic carboxylic acids is 1. The second-order valence-electron chi connectivity index (χ2n) is 5.14. The minimum atomic E-state index is -0.896. The number of likely N-dealkylation sites (N-methyl/N-ethyl adjacent to an activating group) is 2. The van der Waals surface area contributed by atoms with Crippen LogP contribution in [0.2, 0.25) is 0 Å². The maximum absolute atomic E-state index is 10.9. The summed E-state index contributed by atoms with van der Waals surface area (Å²) in [6.45, 7) is 2.20. The van der Waals surface area contributed by atoms with Crippen molar-refractivity contribution in [1.82, 2.24) is 4.90 Å². The minimum absolute atomic E-state index is 0.310. The standard InChI is InChI=1S/C14H19BrN2O2/c1-16-7-3-4-11(9-16)17(2)13-6-5-10(14(18)19)8-12(13)15/h5-6,8,11H,3-4,7,9H2,1-2H3,(H,18,19). The Morgan fingerprint density at radius 1 is 1.53 bits per heavy atom. The molecule has 0 amide bonds. The van der Waals surface area contributed by atoms with E-state index in [0.29, 0.717) is 11.6 Å². The second kappa shape index (κ2) is 5.92. The zero-order valence-corrected chi connectivity index (χ0v) is 12.9. The van der Waals surface area contributed by atoms with Crippen molar-refractivity contribution in [3.8, 4) is 0 Å². The topological polar surface area (TPSA) is 43.8 Å². The number of likely N-dealkylation sites (tertiary alicyclic amines) is 1. The predicted molar refractivity (Wildman–Crippen MR) is 80.0 cm³/mol. The quantitative estimate of drug-likeness (QED) is 0.927. The molecule has 1 aliphatic rings. The molecule has 1 N–H and O–H groups in total. The highest BCUT2D eigenvalue weighted by Crippen LogP contribution is 2.29. The number of carboxylic acids is 1. The van der Waals surface area contributed by atoms with Gasteiger partial charge in [0.15, 0.2) is 0 Å². The normalized spacial score (nSPS) is 20.3. The van der Waals surface area contributed by atoms with E-state index in [1.165, 1.54) is 12.8 Å². The van der Waals surface area contributed by atoms with Crippen molar-refractivity contribution >= 4 is 27.6 Å². The number of halogens is 1. The molecule has 1 aromatic carbocycles. The van der Waals surface area contributed by atoms with E-state index in [-0.39, 0.29) is 0 Å². The SMILES string of the molecule is CN1CCCC(N(C)c2ccc(C(=O)O)cc2Br)C1. The smallest absolute Gasteiger partial charge is 0.335 e. The van der Waals surface area contributed by atoms with Crippen LogP contribution >= 0.6 is 15.9 Å². The zero-order valence-electron chi connectivity index (χ0n) is 11.3. The summed E-state index contributed by atoms with van der Waals surface area (Å²) < 4.78 is 0.836. The summed E-state index contributed by atoms with van der Waals surface area (Å²) >= 11 is 3.48. The number of rotatable bonds is 3. The Hall–Kier alpha value is -1.07. The molecule has 2 rings (SSSR count). The Balaban J connectivity index is 2.19. The molecule has 104 valence electrons. The Bertz CT molecular complexity index is 479. The van der Waals surface area contributed by atoms with Crippen LogP contribution in [0.4, 0.5) is 5.69 Å². The third-order valence-corrected chi connectivity index (χ3v) is 4.36. The molecule has 1 saturated heterocycles. The Morgan fingerprint density at radius 2 is 2.26 bits per heavy atom. The minimum Gasteiger partial charge on any atom is -0.478 e. The molecular formula is C14H19BrN2O2. The lowest BCUT2D eigenvalue weighted by Crippen LogP contribution is -2.45. The van der Waals surface area contributed by atoms with Crippen LogP contribution in [-0.2, 0) is 0 Å². The van der Waals surface area contributed by atoms with Gasteiger partial charge in [0.05, 0.1) is 11.3 Å². The van der Waals surface area contributed by atoms with E-state index in [0.717, 1.165) is 23.2 Å². The van der Waals surface area contributed by atoms with Gasteiger partial charge in [0.25, 0.3) is 0 Å². The van der Waals surface area contributed by atoms with Gasteiger partial charge in [-0.1, -0.05) is 0 Å². The highest BCUT2D eigenvalue weighted by atomic mass is 79.9. The third kappa shape index (κ3) is 3.28. The maximum atomic E-state index is 10.9. The van der Waals surface area contributed by atoms with Gasteiger partial charge in [0, 0.05) is 24.1 Å². The molecule has 0 aliphatic carbocycles. The highest BCUT2D eigenvalue weighted by Gasteiger charge is 2.22. The van der Waals surface area contributed by atoms with Crippen LogP contribution in [0.25, 0.3) is 0 Å². The van der Waals surface area contributed by atoms with Crippen LogP contribution in [-0.4, -0.2) is 49.2 Å². The fourth-order valence-corrected chi connectivity index (χ4v) is 3.24. The van der Waals surface area contributed by atoms with Crippen molar-refractivity contribution in [1.29, 1.82) is 0 Å². The fraction of sp³-hybridized carbons (Fsp3) is 0.500. The molecule has 0 radical (unpaired) electrons. The molecule has 5 heteroatoms. The van der Waals surface area contributed by atoms with Gasteiger partial charge in [-0.25, -0.2) is 4.79 Å². The van der Waals surface area contributed by atoms with Gasteiger partial charge in [-0.05, 0) is 60.6 Å². The predicted octanol–water partition coefficient (Wildman–Crippen LogP) is 2.68. The lowest BCUT2D eigenvalue weighted by atomic mass is 10.0. The summed E-state index contributed by atoms with van der Waals surface area (Å²) in [6, 6.07) is 5.68. The number of anilines is 1. The van der Waals surface area contributed by atoms with Gasteiger partial charge in [-0.2, -0.15) is 0 Å².